The Kier molecular flexibility index (Phi) is 7.51. The van der Waals surface area contributed by atoms with E-state index in [1.54, 1.807) is 0 Å². The number of hydrogen-bond acceptors (Lipinski definition) is 15. The third-order valence-corrected chi connectivity index (χ3v) is 6.82. The van der Waals surface area contributed by atoms with Crippen LogP contribution in [0, 0.1) is 0 Å². The summed E-state index contributed by atoms with van der Waals surface area (Å²) in [6, 6.07) is 8.43. The third kappa shape index (κ3) is 5.22. The topological polar surface area (TPSA) is 268 Å². The van der Waals surface area contributed by atoms with Crippen molar-refractivity contribution >= 4 is 16.8 Å². The van der Waals surface area contributed by atoms with Gasteiger partial charge in [0.15, 0.2) is 28.8 Å². The van der Waals surface area contributed by atoms with Crippen LogP contribution in [0.2, 0.25) is 0 Å². The number of phenols is 6. The van der Waals surface area contributed by atoms with Crippen molar-refractivity contribution in [2.24, 2.45) is 0 Å². The van der Waals surface area contributed by atoms with Crippen molar-refractivity contribution < 1.29 is 69.8 Å². The molecule has 15 heteroatoms. The van der Waals surface area contributed by atoms with Crippen LogP contribution in [0.5, 0.6) is 40.2 Å². The van der Waals surface area contributed by atoms with Gasteiger partial charge in [-0.15, -0.1) is 0 Å². The van der Waals surface area contributed by atoms with Crippen molar-refractivity contribution in [3.63, 3.8) is 0 Å². The van der Waals surface area contributed by atoms with Crippen molar-refractivity contribution in [2.75, 3.05) is 0 Å². The molecule has 43 heavy (non-hydrogen) atoms. The highest BCUT2D eigenvalue weighted by molar-refractivity contribution is 6.00. The Bertz CT molecular complexity index is 1740. The number of Topliss-reactive ketones (excluding diaryl/α,β-unsaturated/α-hetero) is 1. The first-order valence-electron chi connectivity index (χ1n) is 12.4. The first kappa shape index (κ1) is 29.4. The van der Waals surface area contributed by atoms with Gasteiger partial charge in [0.05, 0.1) is 0 Å². The summed E-state index contributed by atoms with van der Waals surface area (Å²) in [6.07, 6.45) is -12.7. The van der Waals surface area contributed by atoms with Gasteiger partial charge >= 0.3 is 0 Å². The summed E-state index contributed by atoms with van der Waals surface area (Å²) >= 11 is 0. The van der Waals surface area contributed by atoms with Crippen molar-refractivity contribution in [1.82, 2.24) is 0 Å². The maximum Gasteiger partial charge on any atom is 0.239 e. The molecular weight excluding hydrogens is 576 g/mol. The molecule has 0 saturated carbocycles. The molecule has 226 valence electrons. The van der Waals surface area contributed by atoms with Gasteiger partial charge in [0, 0.05) is 23.3 Å². The summed E-state index contributed by atoms with van der Waals surface area (Å²) in [5.74, 6) is -6.35. The molecule has 6 atom stereocenters. The average Bonchev–Trinajstić information content (AvgIpc) is 2.96. The van der Waals surface area contributed by atoms with Gasteiger partial charge in [0.25, 0.3) is 0 Å². The number of carbonyl (C=O) groups excluding carboxylic acids is 1. The summed E-state index contributed by atoms with van der Waals surface area (Å²) in [4.78, 5) is 26.5. The van der Waals surface area contributed by atoms with Crippen molar-refractivity contribution in [3.05, 3.63) is 64.3 Å². The molecule has 5 rings (SSSR count). The molecule has 0 spiro atoms. The highest BCUT2D eigenvalue weighted by Crippen LogP contribution is 2.39. The molecule has 1 aliphatic rings. The van der Waals surface area contributed by atoms with Gasteiger partial charge in [-0.05, 0) is 36.4 Å². The van der Waals surface area contributed by atoms with Crippen molar-refractivity contribution in [2.45, 2.75) is 36.8 Å². The molecule has 2 unspecified atom stereocenters. The molecule has 10 N–H and O–H groups in total. The smallest absolute Gasteiger partial charge is 0.239 e. The lowest BCUT2D eigenvalue weighted by Gasteiger charge is -2.41. The number of fused-ring (bicyclic) bond motifs is 1. The molecule has 1 saturated heterocycles. The maximum atomic E-state index is 13.6. The number of phenolic OH excluding ortho intramolecular Hbond substituents is 6. The van der Waals surface area contributed by atoms with Crippen LogP contribution in [-0.4, -0.2) is 93.7 Å². The monoisotopic (exact) mass is 600 g/mol. The van der Waals surface area contributed by atoms with E-state index in [1.807, 2.05) is 0 Å². The van der Waals surface area contributed by atoms with Crippen molar-refractivity contribution in [3.8, 4) is 51.6 Å². The Labute approximate surface area is 239 Å². The van der Waals surface area contributed by atoms with Gasteiger partial charge in [-0.2, -0.15) is 0 Å². The van der Waals surface area contributed by atoms with Crippen LogP contribution in [0.3, 0.4) is 0 Å². The Morgan fingerprint density at radius 1 is 0.791 bits per heavy atom. The fourth-order valence-corrected chi connectivity index (χ4v) is 4.59. The first-order valence-corrected chi connectivity index (χ1v) is 12.4. The van der Waals surface area contributed by atoms with E-state index in [-0.39, 0.29) is 22.7 Å². The Hall–Kier alpha value is -5.06. The molecule has 4 aromatic rings. The van der Waals surface area contributed by atoms with Crippen LogP contribution in [0.15, 0.2) is 57.7 Å². The van der Waals surface area contributed by atoms with E-state index in [4.69, 9.17) is 13.9 Å². The van der Waals surface area contributed by atoms with Gasteiger partial charge in [-0.25, -0.2) is 0 Å². The lowest BCUT2D eigenvalue weighted by molar-refractivity contribution is -0.283. The number of hydrogen-bond donors (Lipinski definition) is 10. The molecular formula is C28H24O15. The summed E-state index contributed by atoms with van der Waals surface area (Å²) in [5, 5.41) is 101. The van der Waals surface area contributed by atoms with E-state index in [0.717, 1.165) is 12.1 Å². The fraction of sp³-hybridized carbons (Fsp3) is 0.214. The Morgan fingerprint density at radius 2 is 1.42 bits per heavy atom. The lowest BCUT2D eigenvalue weighted by Crippen LogP contribution is -2.63. The maximum absolute atomic E-state index is 13.6. The molecule has 1 aromatic heterocycles. The number of aromatic hydroxyl groups is 6. The normalized spacial score (nSPS) is 22.7. The number of rotatable bonds is 6. The number of carbonyl (C=O) groups is 1. The van der Waals surface area contributed by atoms with Gasteiger partial charge in [-0.3, -0.25) is 9.59 Å². The van der Waals surface area contributed by atoms with Crippen LogP contribution < -0.4 is 10.2 Å². The Balaban J connectivity index is 1.56. The van der Waals surface area contributed by atoms with E-state index in [2.05, 4.69) is 0 Å². The fourth-order valence-electron chi connectivity index (χ4n) is 4.59. The molecule has 3 aromatic carbocycles. The molecule has 0 amide bonds. The quantitative estimate of drug-likeness (QED) is 0.104. The number of ether oxygens (including phenoxy) is 2. The second kappa shape index (κ2) is 11.0. The van der Waals surface area contributed by atoms with Gasteiger partial charge in [-0.1, -0.05) is 0 Å². The first-order chi connectivity index (χ1) is 20.3. The van der Waals surface area contributed by atoms with Crippen molar-refractivity contribution in [1.29, 1.82) is 0 Å². The average molecular weight is 600 g/mol. The SMILES string of the molecule is O=C(c1cc(O)c(O)c(O)c1)C(O)[C@H]1OC(Oc2c(-c3ccc(O)cc3)oc3cc(O)cc(O)c3c2=O)[C@H](O)[C@@H](O)[C@@H]1O. The Morgan fingerprint density at radius 3 is 2.05 bits per heavy atom. The second-order valence-corrected chi connectivity index (χ2v) is 9.71. The van der Waals surface area contributed by atoms with E-state index in [0.29, 0.717) is 12.1 Å². The van der Waals surface area contributed by atoms with E-state index in [1.165, 1.54) is 24.3 Å². The number of benzene rings is 3. The number of aliphatic hydroxyl groups is 4. The van der Waals surface area contributed by atoms with Gasteiger partial charge in [0.2, 0.25) is 17.5 Å². The molecule has 1 aliphatic heterocycles. The zero-order valence-electron chi connectivity index (χ0n) is 21.6. The van der Waals surface area contributed by atoms with E-state index < -0.39 is 93.5 Å². The zero-order chi connectivity index (χ0) is 31.3. The summed E-state index contributed by atoms with van der Waals surface area (Å²) in [5.41, 5.74) is -1.73. The molecule has 15 nitrogen and oxygen atoms in total. The number of ketones is 1. The second-order valence-electron chi connectivity index (χ2n) is 9.71. The van der Waals surface area contributed by atoms with Crippen LogP contribution in [0.4, 0.5) is 0 Å². The summed E-state index contributed by atoms with van der Waals surface area (Å²) in [6.45, 7) is 0. The van der Waals surface area contributed by atoms with Gasteiger partial charge < -0.3 is 65.0 Å². The minimum atomic E-state index is -2.32. The highest BCUT2D eigenvalue weighted by Gasteiger charge is 2.49. The van der Waals surface area contributed by atoms with Crippen LogP contribution in [0.25, 0.3) is 22.3 Å². The summed E-state index contributed by atoms with van der Waals surface area (Å²) < 4.78 is 16.8. The van der Waals surface area contributed by atoms with E-state index in [9.17, 15) is 60.7 Å². The van der Waals surface area contributed by atoms with Crippen LogP contribution >= 0.6 is 0 Å². The predicted molar refractivity (Wildman–Crippen MR) is 142 cm³/mol. The largest absolute Gasteiger partial charge is 0.508 e. The molecule has 0 radical (unpaired) electrons. The van der Waals surface area contributed by atoms with Crippen LogP contribution in [-0.2, 0) is 4.74 Å². The predicted octanol–water partition coefficient (Wildman–Crippen LogP) is 0.124. The standard InChI is InChI=1S/C28H24O15/c29-11-3-1-9(2-4-11)25-27(20(36)17-13(31)7-12(30)8-16(17)41-25)43-28-24(40)21(37)23(39)26(42-28)22(38)18(34)10-5-14(32)19(35)15(33)6-10/h1-8,21-24,26,28-33,35,37-40H/t21-,22?,23-,24+,26+,28?/m0/s1. The molecule has 2 heterocycles. The lowest BCUT2D eigenvalue weighted by atomic mass is 9.91. The highest BCUT2D eigenvalue weighted by atomic mass is 16.7. The molecule has 0 aliphatic carbocycles. The minimum Gasteiger partial charge on any atom is -0.508 e. The zero-order valence-corrected chi connectivity index (χ0v) is 21.6. The van der Waals surface area contributed by atoms with Gasteiger partial charge in [0.1, 0.15) is 58.7 Å². The molecule has 0 bridgehead atoms. The molecule has 1 fully saturated rings. The number of aliphatic hydroxyl groups excluding tert-OH is 4. The van der Waals surface area contributed by atoms with Crippen LogP contribution in [0.1, 0.15) is 10.4 Å². The minimum absolute atomic E-state index is 0.124. The summed E-state index contributed by atoms with van der Waals surface area (Å²) in [7, 11) is 0. The third-order valence-electron chi connectivity index (χ3n) is 6.82. The van der Waals surface area contributed by atoms with E-state index >= 15 is 0 Å².